The summed E-state index contributed by atoms with van der Waals surface area (Å²) in [4.78, 5) is 22.3. The molecule has 0 aliphatic rings. The number of unbranched alkanes of at least 4 members (excludes halogenated alkanes) is 2. The van der Waals surface area contributed by atoms with Crippen LogP contribution in [0.2, 0.25) is 10.0 Å². The van der Waals surface area contributed by atoms with Crippen molar-refractivity contribution >= 4 is 57.7 Å². The van der Waals surface area contributed by atoms with Gasteiger partial charge >= 0.3 is 5.97 Å². The van der Waals surface area contributed by atoms with Gasteiger partial charge in [-0.3, -0.25) is 9.59 Å². The standard InChI is InChI=1S/C13H14Cl2INO3/c14-8-6-9(12(16)10(15)7-8)13(20)17-5-3-1-2-4-11(18)19/h6-7H,1-5H2,(H,17,20)(H,18,19). The van der Waals surface area contributed by atoms with Crippen molar-refractivity contribution in [3.63, 3.8) is 0 Å². The highest BCUT2D eigenvalue weighted by atomic mass is 127. The zero-order chi connectivity index (χ0) is 15.1. The molecule has 20 heavy (non-hydrogen) atoms. The predicted octanol–water partition coefficient (Wildman–Crippen LogP) is 3.97. The number of carboxylic acids is 1. The summed E-state index contributed by atoms with van der Waals surface area (Å²) in [6.45, 7) is 0.499. The summed E-state index contributed by atoms with van der Waals surface area (Å²) in [7, 11) is 0. The van der Waals surface area contributed by atoms with Gasteiger partial charge in [0.1, 0.15) is 0 Å². The molecule has 0 saturated heterocycles. The fourth-order valence-corrected chi connectivity index (χ4v) is 2.65. The van der Waals surface area contributed by atoms with E-state index < -0.39 is 5.97 Å². The number of nitrogens with one attached hydrogen (secondary N) is 1. The Balaban J connectivity index is 2.42. The second-order valence-electron chi connectivity index (χ2n) is 4.21. The highest BCUT2D eigenvalue weighted by Gasteiger charge is 2.13. The minimum Gasteiger partial charge on any atom is -0.481 e. The lowest BCUT2D eigenvalue weighted by Gasteiger charge is -2.08. The maximum atomic E-state index is 12.0. The van der Waals surface area contributed by atoms with Crippen molar-refractivity contribution in [1.29, 1.82) is 0 Å². The summed E-state index contributed by atoms with van der Waals surface area (Å²) in [5.41, 5.74) is 0.452. The molecular formula is C13H14Cl2INO3. The smallest absolute Gasteiger partial charge is 0.303 e. The molecule has 4 nitrogen and oxygen atoms in total. The fourth-order valence-electron chi connectivity index (χ4n) is 1.60. The summed E-state index contributed by atoms with van der Waals surface area (Å²) in [6.07, 6.45) is 2.28. The average molecular weight is 430 g/mol. The first kappa shape index (κ1) is 17.5. The van der Waals surface area contributed by atoms with Gasteiger partial charge in [0, 0.05) is 21.6 Å². The number of hydrogen-bond acceptors (Lipinski definition) is 2. The van der Waals surface area contributed by atoms with Gasteiger partial charge < -0.3 is 10.4 Å². The number of halogens is 3. The zero-order valence-corrected chi connectivity index (χ0v) is 14.3. The maximum absolute atomic E-state index is 12.0. The summed E-state index contributed by atoms with van der Waals surface area (Å²) >= 11 is 13.8. The van der Waals surface area contributed by atoms with E-state index >= 15 is 0 Å². The third kappa shape index (κ3) is 5.85. The van der Waals surface area contributed by atoms with E-state index in [1.54, 1.807) is 12.1 Å². The van der Waals surface area contributed by atoms with Crippen molar-refractivity contribution in [2.24, 2.45) is 0 Å². The van der Waals surface area contributed by atoms with Crippen molar-refractivity contribution in [1.82, 2.24) is 5.32 Å². The molecule has 0 heterocycles. The van der Waals surface area contributed by atoms with E-state index in [1.807, 2.05) is 22.6 Å². The molecule has 0 aliphatic heterocycles. The number of rotatable bonds is 7. The predicted molar refractivity (Wildman–Crippen MR) is 87.6 cm³/mol. The Kier molecular flexibility index (Phi) is 7.61. The number of carbonyl (C=O) groups excluding carboxylic acids is 1. The average Bonchev–Trinajstić information content (AvgIpc) is 2.37. The van der Waals surface area contributed by atoms with Crippen LogP contribution in [0.3, 0.4) is 0 Å². The Morgan fingerprint density at radius 2 is 1.90 bits per heavy atom. The monoisotopic (exact) mass is 429 g/mol. The van der Waals surface area contributed by atoms with Gasteiger partial charge in [0.05, 0.1) is 10.6 Å². The molecule has 0 fully saturated rings. The summed E-state index contributed by atoms with van der Waals surface area (Å²) in [5.74, 6) is -1.02. The molecule has 7 heteroatoms. The highest BCUT2D eigenvalue weighted by molar-refractivity contribution is 14.1. The number of carboxylic acid groups (broad SMARTS) is 1. The Morgan fingerprint density at radius 3 is 2.55 bits per heavy atom. The molecule has 1 aromatic carbocycles. The van der Waals surface area contributed by atoms with Crippen molar-refractivity contribution in [3.05, 3.63) is 31.3 Å². The molecule has 1 aromatic rings. The number of carbonyl (C=O) groups is 2. The van der Waals surface area contributed by atoms with E-state index in [0.717, 1.165) is 12.8 Å². The third-order valence-electron chi connectivity index (χ3n) is 2.59. The van der Waals surface area contributed by atoms with Gasteiger partial charge in [-0.1, -0.05) is 29.6 Å². The molecule has 0 unspecified atom stereocenters. The van der Waals surface area contributed by atoms with Gasteiger partial charge in [0.2, 0.25) is 0 Å². The molecule has 0 radical (unpaired) electrons. The van der Waals surface area contributed by atoms with Gasteiger partial charge in [-0.05, 0) is 47.6 Å². The minimum absolute atomic E-state index is 0.162. The molecule has 0 aromatic heterocycles. The van der Waals surface area contributed by atoms with E-state index in [1.165, 1.54) is 0 Å². The van der Waals surface area contributed by atoms with Crippen LogP contribution in [0.25, 0.3) is 0 Å². The first-order valence-electron chi connectivity index (χ1n) is 6.06. The first-order valence-corrected chi connectivity index (χ1v) is 7.90. The lowest BCUT2D eigenvalue weighted by Crippen LogP contribution is -2.25. The van der Waals surface area contributed by atoms with E-state index in [0.29, 0.717) is 32.1 Å². The van der Waals surface area contributed by atoms with Gasteiger partial charge in [-0.15, -0.1) is 0 Å². The second-order valence-corrected chi connectivity index (χ2v) is 6.13. The van der Waals surface area contributed by atoms with Crippen molar-refractivity contribution in [2.45, 2.75) is 25.7 Å². The zero-order valence-electron chi connectivity index (χ0n) is 10.6. The Bertz CT molecular complexity index is 509. The van der Waals surface area contributed by atoms with E-state index in [2.05, 4.69) is 5.32 Å². The molecular weight excluding hydrogens is 416 g/mol. The highest BCUT2D eigenvalue weighted by Crippen LogP contribution is 2.26. The van der Waals surface area contributed by atoms with Crippen LogP contribution >= 0.6 is 45.8 Å². The molecule has 0 atom stereocenters. The van der Waals surface area contributed by atoms with E-state index in [9.17, 15) is 9.59 Å². The van der Waals surface area contributed by atoms with Crippen LogP contribution in [-0.2, 0) is 4.79 Å². The van der Waals surface area contributed by atoms with Crippen LogP contribution < -0.4 is 5.32 Å². The molecule has 0 aliphatic carbocycles. The third-order valence-corrected chi connectivity index (χ3v) is 4.59. The van der Waals surface area contributed by atoms with Crippen molar-refractivity contribution < 1.29 is 14.7 Å². The normalized spacial score (nSPS) is 10.3. The summed E-state index contributed by atoms with van der Waals surface area (Å²) in [5, 5.41) is 12.1. The molecule has 2 N–H and O–H groups in total. The molecule has 1 amide bonds. The SMILES string of the molecule is O=C(O)CCCCCNC(=O)c1cc(Cl)cc(Cl)c1I. The molecule has 110 valence electrons. The van der Waals surface area contributed by atoms with Crippen LogP contribution in [0, 0.1) is 3.57 Å². The quantitative estimate of drug-likeness (QED) is 0.391. The number of amides is 1. The Morgan fingerprint density at radius 1 is 1.20 bits per heavy atom. The van der Waals surface area contributed by atoms with Crippen LogP contribution in [-0.4, -0.2) is 23.5 Å². The maximum Gasteiger partial charge on any atom is 0.303 e. The lowest BCUT2D eigenvalue weighted by molar-refractivity contribution is -0.137. The van der Waals surface area contributed by atoms with Gasteiger partial charge in [0.25, 0.3) is 5.91 Å². The molecule has 0 saturated carbocycles. The molecule has 0 bridgehead atoms. The lowest BCUT2D eigenvalue weighted by atomic mass is 10.2. The second kappa shape index (κ2) is 8.69. The fraction of sp³-hybridized carbons (Fsp3) is 0.385. The number of hydrogen-bond donors (Lipinski definition) is 2. The Labute approximate surface area is 141 Å². The Hall–Kier alpha value is -0.530. The van der Waals surface area contributed by atoms with Crippen molar-refractivity contribution in [2.75, 3.05) is 6.54 Å². The van der Waals surface area contributed by atoms with Crippen LogP contribution in [0.4, 0.5) is 0 Å². The van der Waals surface area contributed by atoms with Gasteiger partial charge in [0.15, 0.2) is 0 Å². The number of aliphatic carboxylic acids is 1. The topological polar surface area (TPSA) is 66.4 Å². The van der Waals surface area contributed by atoms with Crippen LogP contribution in [0.1, 0.15) is 36.0 Å². The summed E-state index contributed by atoms with van der Waals surface area (Å²) in [6, 6.07) is 3.17. The van der Waals surface area contributed by atoms with Crippen LogP contribution in [0.15, 0.2) is 12.1 Å². The first-order chi connectivity index (χ1) is 9.41. The largest absolute Gasteiger partial charge is 0.481 e. The van der Waals surface area contributed by atoms with E-state index in [4.69, 9.17) is 28.3 Å². The molecule has 0 spiro atoms. The van der Waals surface area contributed by atoms with E-state index in [-0.39, 0.29) is 12.3 Å². The van der Waals surface area contributed by atoms with Crippen LogP contribution in [0.5, 0.6) is 0 Å². The summed E-state index contributed by atoms with van der Waals surface area (Å²) < 4.78 is 0.664. The number of benzene rings is 1. The van der Waals surface area contributed by atoms with Gasteiger partial charge in [-0.25, -0.2) is 0 Å². The molecule has 1 rings (SSSR count). The van der Waals surface area contributed by atoms with Crippen molar-refractivity contribution in [3.8, 4) is 0 Å². The van der Waals surface area contributed by atoms with Gasteiger partial charge in [-0.2, -0.15) is 0 Å². The minimum atomic E-state index is -0.794.